The van der Waals surface area contributed by atoms with Crippen LogP contribution in [-0.2, 0) is 0 Å². The molecule has 0 unspecified atom stereocenters. The smallest absolute Gasteiger partial charge is 0.227 e. The fourth-order valence-electron chi connectivity index (χ4n) is 7.17. The highest BCUT2D eigenvalue weighted by molar-refractivity contribution is 5.84. The lowest BCUT2D eigenvalue weighted by molar-refractivity contribution is 0.203. The first-order chi connectivity index (χ1) is 19.6. The van der Waals surface area contributed by atoms with E-state index in [2.05, 4.69) is 39.1 Å². The fraction of sp³-hybridized carbons (Fsp3) is 0.839. The Bertz CT molecular complexity index is 1010. The molecule has 0 aromatic carbocycles. The van der Waals surface area contributed by atoms with Gasteiger partial charge >= 0.3 is 0 Å². The zero-order chi connectivity index (χ0) is 27.7. The van der Waals surface area contributed by atoms with Crippen LogP contribution in [-0.4, -0.2) is 74.2 Å². The molecule has 9 heteroatoms. The van der Waals surface area contributed by atoms with E-state index in [0.29, 0.717) is 18.1 Å². The van der Waals surface area contributed by atoms with Crippen molar-refractivity contribution in [2.24, 2.45) is 11.7 Å². The second-order valence-electron chi connectivity index (χ2n) is 12.8. The number of nitrogens with one attached hydrogen (secondary N) is 2. The van der Waals surface area contributed by atoms with E-state index in [4.69, 9.17) is 20.7 Å². The molecule has 5 rings (SSSR count). The molecule has 1 saturated heterocycles. The summed E-state index contributed by atoms with van der Waals surface area (Å²) in [4.78, 5) is 17.5. The molecular formula is C31H55N9. The van der Waals surface area contributed by atoms with Gasteiger partial charge in [0, 0.05) is 31.2 Å². The SMILES string of the molecule is CCCN(CCC)CCCCC1CCN(Nc2nc(N[C@H]3CC[C@H](N)CC3)nc3c2ncn3C2CCCC2)CC1. The molecular weight excluding hydrogens is 498 g/mol. The average Bonchev–Trinajstić information content (AvgIpc) is 3.64. The monoisotopic (exact) mass is 553 g/mol. The standard InChI is InChI=1S/C31H55N9/c1-3-18-38(19-4-2)20-8-7-9-24-16-21-39(22-17-24)37-29-28-30(40(23-33-28)27-10-5-6-11-27)36-31(35-29)34-26-14-12-25(32)13-15-26/h23-27H,3-22,32H2,1-2H3,(H2,34,35,36,37)/t25-,26-. The number of piperidine rings is 1. The van der Waals surface area contributed by atoms with E-state index in [1.807, 2.05) is 6.33 Å². The van der Waals surface area contributed by atoms with Crippen molar-refractivity contribution in [1.29, 1.82) is 0 Å². The molecule has 3 heterocycles. The van der Waals surface area contributed by atoms with Crippen molar-refractivity contribution >= 4 is 22.9 Å². The van der Waals surface area contributed by atoms with Crippen LogP contribution < -0.4 is 16.5 Å². The molecule has 2 aliphatic carbocycles. The van der Waals surface area contributed by atoms with Crippen LogP contribution in [0.5, 0.6) is 0 Å². The summed E-state index contributed by atoms with van der Waals surface area (Å²) in [5, 5.41) is 6.02. The molecule has 1 aliphatic heterocycles. The van der Waals surface area contributed by atoms with E-state index in [1.54, 1.807) is 0 Å². The third-order valence-corrected chi connectivity index (χ3v) is 9.54. The number of fused-ring (bicyclic) bond motifs is 1. The minimum Gasteiger partial charge on any atom is -0.351 e. The maximum absolute atomic E-state index is 6.16. The highest BCUT2D eigenvalue weighted by atomic mass is 15.5. The van der Waals surface area contributed by atoms with Gasteiger partial charge in [-0.15, -0.1) is 0 Å². The lowest BCUT2D eigenvalue weighted by Crippen LogP contribution is -2.38. The van der Waals surface area contributed by atoms with Crippen molar-refractivity contribution < 1.29 is 0 Å². The zero-order valence-corrected chi connectivity index (χ0v) is 25.3. The predicted octanol–water partition coefficient (Wildman–Crippen LogP) is 5.95. The van der Waals surface area contributed by atoms with Crippen LogP contribution in [0.4, 0.5) is 11.8 Å². The molecule has 0 amide bonds. The number of unbranched alkanes of at least 4 members (excludes halogenated alkanes) is 1. The summed E-state index contributed by atoms with van der Waals surface area (Å²) in [6, 6.07) is 1.22. The third kappa shape index (κ3) is 7.85. The number of anilines is 2. The quantitative estimate of drug-likeness (QED) is 0.247. The van der Waals surface area contributed by atoms with Gasteiger partial charge in [0.25, 0.3) is 0 Å². The number of nitrogens with two attached hydrogens (primary N) is 1. The summed E-state index contributed by atoms with van der Waals surface area (Å²) >= 11 is 0. The number of hydrogen-bond donors (Lipinski definition) is 3. The molecule has 9 nitrogen and oxygen atoms in total. The van der Waals surface area contributed by atoms with Crippen molar-refractivity contribution in [3.63, 3.8) is 0 Å². The highest BCUT2D eigenvalue weighted by Gasteiger charge is 2.25. The number of aromatic nitrogens is 4. The van der Waals surface area contributed by atoms with E-state index in [1.165, 1.54) is 90.3 Å². The molecule has 224 valence electrons. The molecule has 0 spiro atoms. The Labute approximate surface area is 242 Å². The number of hydrogen-bond acceptors (Lipinski definition) is 8. The molecule has 3 fully saturated rings. The first-order valence-electron chi connectivity index (χ1n) is 16.6. The van der Waals surface area contributed by atoms with Gasteiger partial charge in [0.2, 0.25) is 5.95 Å². The van der Waals surface area contributed by atoms with Crippen molar-refractivity contribution in [2.45, 2.75) is 128 Å². The number of rotatable bonds is 14. The number of nitrogens with zero attached hydrogens (tertiary/aromatic N) is 6. The first-order valence-corrected chi connectivity index (χ1v) is 16.6. The Morgan fingerprint density at radius 2 is 1.62 bits per heavy atom. The summed E-state index contributed by atoms with van der Waals surface area (Å²) in [6.07, 6.45) is 20.4. The van der Waals surface area contributed by atoms with E-state index in [0.717, 1.165) is 67.6 Å². The van der Waals surface area contributed by atoms with Crippen molar-refractivity contribution in [3.8, 4) is 0 Å². The van der Waals surface area contributed by atoms with E-state index < -0.39 is 0 Å². The maximum atomic E-state index is 6.16. The molecule has 0 atom stereocenters. The van der Waals surface area contributed by atoms with Crippen LogP contribution in [0.3, 0.4) is 0 Å². The van der Waals surface area contributed by atoms with Crippen molar-refractivity contribution in [3.05, 3.63) is 6.33 Å². The normalized spacial score (nSPS) is 23.4. The molecule has 0 bridgehead atoms. The summed E-state index contributed by atoms with van der Waals surface area (Å²) in [7, 11) is 0. The highest BCUT2D eigenvalue weighted by Crippen LogP contribution is 2.34. The van der Waals surface area contributed by atoms with Gasteiger partial charge in [-0.3, -0.25) is 0 Å². The van der Waals surface area contributed by atoms with Gasteiger partial charge in [-0.25, -0.2) is 9.99 Å². The van der Waals surface area contributed by atoms with Crippen LogP contribution in [0, 0.1) is 5.92 Å². The minimum absolute atomic E-state index is 0.335. The average molecular weight is 554 g/mol. The predicted molar refractivity (Wildman–Crippen MR) is 165 cm³/mol. The Kier molecular flexibility index (Phi) is 10.9. The Hall–Kier alpha value is -1.97. The minimum atomic E-state index is 0.335. The Morgan fingerprint density at radius 1 is 0.900 bits per heavy atom. The fourth-order valence-corrected chi connectivity index (χ4v) is 7.17. The molecule has 2 aromatic heterocycles. The Morgan fingerprint density at radius 3 is 2.33 bits per heavy atom. The zero-order valence-electron chi connectivity index (χ0n) is 25.3. The molecule has 3 aliphatic rings. The second-order valence-corrected chi connectivity index (χ2v) is 12.8. The number of imidazole rings is 1. The lowest BCUT2D eigenvalue weighted by Gasteiger charge is -2.32. The Balaban J connectivity index is 1.18. The van der Waals surface area contributed by atoms with E-state index in [9.17, 15) is 0 Å². The van der Waals surface area contributed by atoms with Gasteiger partial charge in [0.05, 0.1) is 6.33 Å². The van der Waals surface area contributed by atoms with Gasteiger partial charge in [-0.1, -0.05) is 39.5 Å². The maximum Gasteiger partial charge on any atom is 0.227 e. The van der Waals surface area contributed by atoms with Crippen molar-refractivity contribution in [2.75, 3.05) is 43.5 Å². The van der Waals surface area contributed by atoms with Crippen LogP contribution in [0.2, 0.25) is 0 Å². The largest absolute Gasteiger partial charge is 0.351 e. The topological polar surface area (TPSA) is 100 Å². The molecule has 2 aromatic rings. The van der Waals surface area contributed by atoms with Gasteiger partial charge in [-0.2, -0.15) is 9.97 Å². The van der Waals surface area contributed by atoms with E-state index >= 15 is 0 Å². The van der Waals surface area contributed by atoms with Crippen LogP contribution >= 0.6 is 0 Å². The van der Waals surface area contributed by atoms with Crippen LogP contribution in [0.25, 0.3) is 11.2 Å². The molecule has 2 saturated carbocycles. The van der Waals surface area contributed by atoms with Gasteiger partial charge in [0.1, 0.15) is 0 Å². The lowest BCUT2D eigenvalue weighted by atomic mass is 9.92. The van der Waals surface area contributed by atoms with Gasteiger partial charge < -0.3 is 25.9 Å². The molecule has 4 N–H and O–H groups in total. The van der Waals surface area contributed by atoms with Gasteiger partial charge in [-0.05, 0) is 96.2 Å². The van der Waals surface area contributed by atoms with Crippen molar-refractivity contribution in [1.82, 2.24) is 29.4 Å². The molecule has 40 heavy (non-hydrogen) atoms. The number of hydrazine groups is 1. The van der Waals surface area contributed by atoms with Crippen LogP contribution in [0.15, 0.2) is 6.33 Å². The van der Waals surface area contributed by atoms with Crippen LogP contribution in [0.1, 0.15) is 116 Å². The first kappa shape index (κ1) is 29.5. The summed E-state index contributed by atoms with van der Waals surface area (Å²) in [5.74, 6) is 2.41. The second kappa shape index (κ2) is 14.8. The summed E-state index contributed by atoms with van der Waals surface area (Å²) in [5.41, 5.74) is 11.7. The van der Waals surface area contributed by atoms with Gasteiger partial charge in [0.15, 0.2) is 17.0 Å². The summed E-state index contributed by atoms with van der Waals surface area (Å²) in [6.45, 7) is 10.5. The van der Waals surface area contributed by atoms with E-state index in [-0.39, 0.29) is 0 Å². The summed E-state index contributed by atoms with van der Waals surface area (Å²) < 4.78 is 2.31. The third-order valence-electron chi connectivity index (χ3n) is 9.54. The molecule has 0 radical (unpaired) electrons.